The lowest BCUT2D eigenvalue weighted by molar-refractivity contribution is 1.02. The topological polar surface area (TPSA) is 120 Å². The minimum atomic E-state index is 0.185. The van der Waals surface area contributed by atoms with Gasteiger partial charge in [-0.2, -0.15) is 15.5 Å². The Balaban J connectivity index is 1.97. The largest absolute Gasteiger partial charge is 0.383 e. The molecule has 0 amide bonds. The molecule has 0 spiro atoms. The quantitative estimate of drug-likeness (QED) is 0.518. The highest BCUT2D eigenvalue weighted by Crippen LogP contribution is 2.36. The maximum atomic E-state index is 9.67. The fourth-order valence-electron chi connectivity index (χ4n) is 3.27. The van der Waals surface area contributed by atoms with Crippen molar-refractivity contribution in [1.82, 2.24) is 25.4 Å². The van der Waals surface area contributed by atoms with Crippen LogP contribution in [-0.4, -0.2) is 25.4 Å². The van der Waals surface area contributed by atoms with E-state index in [0.717, 1.165) is 33.8 Å². The van der Waals surface area contributed by atoms with Crippen molar-refractivity contribution >= 4 is 5.82 Å². The summed E-state index contributed by atoms with van der Waals surface area (Å²) in [5.74, 6) is 0.185. The Kier molecular flexibility index (Phi) is 3.94. The monoisotopic (exact) mass is 355 g/mol. The first-order valence-corrected chi connectivity index (χ1v) is 8.42. The summed E-state index contributed by atoms with van der Waals surface area (Å²) in [6.07, 6.45) is 1.71. The second-order valence-corrected chi connectivity index (χ2v) is 6.26. The van der Waals surface area contributed by atoms with Crippen LogP contribution in [0.1, 0.15) is 17.0 Å². The Morgan fingerprint density at radius 1 is 1.07 bits per heavy atom. The molecule has 0 aliphatic heterocycles. The normalized spacial score (nSPS) is 10.7. The fourth-order valence-corrected chi connectivity index (χ4v) is 3.27. The van der Waals surface area contributed by atoms with Crippen molar-refractivity contribution in [2.45, 2.75) is 13.8 Å². The molecule has 0 fully saturated rings. The first-order chi connectivity index (χ1) is 13.1. The molecule has 0 atom stereocenters. The summed E-state index contributed by atoms with van der Waals surface area (Å²) in [6.45, 7) is 3.83. The van der Waals surface area contributed by atoms with E-state index in [2.05, 4.69) is 31.4 Å². The lowest BCUT2D eigenvalue weighted by Crippen LogP contribution is -2.00. The van der Waals surface area contributed by atoms with Crippen LogP contribution in [0.3, 0.4) is 0 Å². The standard InChI is InChI=1S/C20H17N7/c1-11-18(12(2)26-25-11)17-8-14(15(9-21)20(22)24-17)16-10-23-27-19(16)13-6-4-3-5-7-13/h3-8,10H,1-2H3,(H2,22,24)(H,23,27)(H,25,26). The number of nitrogens with two attached hydrogens (primary N) is 1. The molecule has 132 valence electrons. The zero-order valence-corrected chi connectivity index (χ0v) is 14.9. The van der Waals surface area contributed by atoms with E-state index >= 15 is 0 Å². The number of H-pyrrole nitrogens is 2. The third kappa shape index (κ3) is 2.73. The zero-order valence-electron chi connectivity index (χ0n) is 14.9. The van der Waals surface area contributed by atoms with Crippen molar-refractivity contribution in [3.05, 3.63) is 59.5 Å². The van der Waals surface area contributed by atoms with E-state index in [-0.39, 0.29) is 5.82 Å². The lowest BCUT2D eigenvalue weighted by Gasteiger charge is -2.11. The predicted molar refractivity (Wildman–Crippen MR) is 103 cm³/mol. The summed E-state index contributed by atoms with van der Waals surface area (Å²) in [5.41, 5.74) is 13.0. The minimum Gasteiger partial charge on any atom is -0.383 e. The van der Waals surface area contributed by atoms with Gasteiger partial charge in [0.05, 0.1) is 23.3 Å². The molecular weight excluding hydrogens is 338 g/mol. The number of benzene rings is 1. The van der Waals surface area contributed by atoms with Gasteiger partial charge in [0.2, 0.25) is 0 Å². The Morgan fingerprint density at radius 3 is 2.52 bits per heavy atom. The smallest absolute Gasteiger partial charge is 0.142 e. The highest BCUT2D eigenvalue weighted by molar-refractivity contribution is 5.87. The van der Waals surface area contributed by atoms with E-state index in [1.807, 2.05) is 50.2 Å². The van der Waals surface area contributed by atoms with Gasteiger partial charge in [0.25, 0.3) is 0 Å². The predicted octanol–water partition coefficient (Wildman–Crippen LogP) is 3.60. The molecule has 0 aliphatic carbocycles. The minimum absolute atomic E-state index is 0.185. The fraction of sp³-hybridized carbons (Fsp3) is 0.100. The highest BCUT2D eigenvalue weighted by Gasteiger charge is 2.20. The van der Waals surface area contributed by atoms with Crippen molar-refractivity contribution in [2.24, 2.45) is 0 Å². The Bertz CT molecular complexity index is 1140. The van der Waals surface area contributed by atoms with E-state index in [1.54, 1.807) is 6.20 Å². The first kappa shape index (κ1) is 16.5. The van der Waals surface area contributed by atoms with Crippen LogP contribution in [0.2, 0.25) is 0 Å². The van der Waals surface area contributed by atoms with Crippen LogP contribution in [0, 0.1) is 25.2 Å². The van der Waals surface area contributed by atoms with E-state index in [0.29, 0.717) is 16.8 Å². The number of pyridine rings is 1. The van der Waals surface area contributed by atoms with E-state index in [9.17, 15) is 5.26 Å². The van der Waals surface area contributed by atoms with Crippen LogP contribution >= 0.6 is 0 Å². The summed E-state index contributed by atoms with van der Waals surface area (Å²) in [5, 5.41) is 24.1. The number of aromatic amines is 2. The van der Waals surface area contributed by atoms with Crippen LogP contribution < -0.4 is 5.73 Å². The Labute approximate surface area is 155 Å². The SMILES string of the molecule is Cc1n[nH]c(C)c1-c1cc(-c2cn[nH]c2-c2ccccc2)c(C#N)c(N)n1. The molecule has 7 heteroatoms. The molecule has 4 aromatic rings. The molecule has 4 N–H and O–H groups in total. The molecule has 0 radical (unpaired) electrons. The highest BCUT2D eigenvalue weighted by atomic mass is 15.1. The molecule has 3 aromatic heterocycles. The maximum Gasteiger partial charge on any atom is 0.142 e. The molecule has 0 saturated carbocycles. The number of nitriles is 1. The molecule has 1 aromatic carbocycles. The summed E-state index contributed by atoms with van der Waals surface area (Å²) in [7, 11) is 0. The third-order valence-electron chi connectivity index (χ3n) is 4.54. The molecule has 0 unspecified atom stereocenters. The molecule has 3 heterocycles. The van der Waals surface area contributed by atoms with Crippen LogP contribution in [0.15, 0.2) is 42.6 Å². The van der Waals surface area contributed by atoms with Gasteiger partial charge in [-0.05, 0) is 19.9 Å². The van der Waals surface area contributed by atoms with Gasteiger partial charge in [0.1, 0.15) is 17.5 Å². The Morgan fingerprint density at radius 2 is 1.85 bits per heavy atom. The van der Waals surface area contributed by atoms with Gasteiger partial charge in [-0.1, -0.05) is 30.3 Å². The lowest BCUT2D eigenvalue weighted by atomic mass is 9.96. The number of anilines is 1. The first-order valence-electron chi connectivity index (χ1n) is 8.42. The molecule has 0 bridgehead atoms. The van der Waals surface area contributed by atoms with Gasteiger partial charge in [0.15, 0.2) is 0 Å². The van der Waals surface area contributed by atoms with Gasteiger partial charge >= 0.3 is 0 Å². The average Bonchev–Trinajstić information content (AvgIpc) is 3.28. The van der Waals surface area contributed by atoms with Crippen molar-refractivity contribution < 1.29 is 0 Å². The van der Waals surface area contributed by atoms with E-state index in [1.165, 1.54) is 0 Å². The van der Waals surface area contributed by atoms with Crippen LogP contribution in [0.4, 0.5) is 5.82 Å². The second-order valence-electron chi connectivity index (χ2n) is 6.26. The average molecular weight is 355 g/mol. The van der Waals surface area contributed by atoms with Crippen LogP contribution in [-0.2, 0) is 0 Å². The van der Waals surface area contributed by atoms with Crippen LogP contribution in [0.5, 0.6) is 0 Å². The van der Waals surface area contributed by atoms with Gasteiger partial charge in [-0.25, -0.2) is 4.98 Å². The zero-order chi connectivity index (χ0) is 19.0. The van der Waals surface area contributed by atoms with Gasteiger partial charge in [-0.3, -0.25) is 10.2 Å². The van der Waals surface area contributed by atoms with Crippen molar-refractivity contribution in [3.63, 3.8) is 0 Å². The summed E-state index contributed by atoms with van der Waals surface area (Å²) in [6, 6.07) is 13.9. The van der Waals surface area contributed by atoms with Gasteiger partial charge < -0.3 is 5.73 Å². The number of nitrogens with zero attached hydrogens (tertiary/aromatic N) is 4. The van der Waals surface area contributed by atoms with Gasteiger partial charge in [0, 0.05) is 27.9 Å². The van der Waals surface area contributed by atoms with Crippen LogP contribution in [0.25, 0.3) is 33.6 Å². The number of aromatic nitrogens is 5. The molecular formula is C20H17N7. The molecule has 0 aliphatic rings. The number of aryl methyl sites for hydroxylation is 2. The summed E-state index contributed by atoms with van der Waals surface area (Å²) < 4.78 is 0. The van der Waals surface area contributed by atoms with E-state index in [4.69, 9.17) is 5.73 Å². The number of rotatable bonds is 3. The van der Waals surface area contributed by atoms with Gasteiger partial charge in [-0.15, -0.1) is 0 Å². The van der Waals surface area contributed by atoms with E-state index < -0.39 is 0 Å². The van der Waals surface area contributed by atoms with Crippen molar-refractivity contribution in [3.8, 4) is 39.7 Å². The molecule has 4 rings (SSSR count). The van der Waals surface area contributed by atoms with Crippen molar-refractivity contribution in [1.29, 1.82) is 5.26 Å². The Hall–Kier alpha value is -3.92. The maximum absolute atomic E-state index is 9.67. The molecule has 27 heavy (non-hydrogen) atoms. The molecule has 7 nitrogen and oxygen atoms in total. The number of hydrogen-bond donors (Lipinski definition) is 3. The number of nitrogen functional groups attached to an aromatic ring is 1. The third-order valence-corrected chi connectivity index (χ3v) is 4.54. The number of nitrogens with one attached hydrogen (secondary N) is 2. The second kappa shape index (κ2) is 6.42. The summed E-state index contributed by atoms with van der Waals surface area (Å²) >= 11 is 0. The summed E-state index contributed by atoms with van der Waals surface area (Å²) in [4.78, 5) is 4.45. The van der Waals surface area contributed by atoms with Crippen molar-refractivity contribution in [2.75, 3.05) is 5.73 Å². The number of hydrogen-bond acceptors (Lipinski definition) is 5. The molecule has 0 saturated heterocycles.